The smallest absolute Gasteiger partial charge is 0.120 e. The van der Waals surface area contributed by atoms with Crippen LogP contribution >= 0.6 is 0 Å². The predicted octanol–water partition coefficient (Wildman–Crippen LogP) is 3.94. The standard InChI is InChI=1S/C17H29NO2/c1-6-10-18-17(12-19-13(2)3)15-8-7-9-16(11-15)20-14(4)5/h7-9,11,13-14,17-18H,6,10,12H2,1-5H3. The van der Waals surface area contributed by atoms with Crippen molar-refractivity contribution in [2.45, 2.75) is 59.3 Å². The molecule has 0 amide bonds. The van der Waals surface area contributed by atoms with Crippen molar-refractivity contribution in [2.24, 2.45) is 0 Å². The Morgan fingerprint density at radius 1 is 1.10 bits per heavy atom. The summed E-state index contributed by atoms with van der Waals surface area (Å²) in [5.41, 5.74) is 1.22. The van der Waals surface area contributed by atoms with Gasteiger partial charge in [-0.1, -0.05) is 19.1 Å². The number of hydrogen-bond donors (Lipinski definition) is 1. The van der Waals surface area contributed by atoms with E-state index in [1.807, 2.05) is 26.0 Å². The lowest BCUT2D eigenvalue weighted by Gasteiger charge is -2.21. The van der Waals surface area contributed by atoms with E-state index in [1.54, 1.807) is 0 Å². The third kappa shape index (κ3) is 6.40. The van der Waals surface area contributed by atoms with Gasteiger partial charge in [-0.05, 0) is 58.4 Å². The number of nitrogens with one attached hydrogen (secondary N) is 1. The van der Waals surface area contributed by atoms with Gasteiger partial charge in [0.1, 0.15) is 5.75 Å². The first kappa shape index (κ1) is 17.0. The van der Waals surface area contributed by atoms with E-state index in [0.29, 0.717) is 6.61 Å². The zero-order chi connectivity index (χ0) is 15.0. The predicted molar refractivity (Wildman–Crippen MR) is 84.3 cm³/mol. The topological polar surface area (TPSA) is 30.5 Å². The molecule has 1 aromatic carbocycles. The molecule has 0 fully saturated rings. The van der Waals surface area contributed by atoms with E-state index in [0.717, 1.165) is 18.7 Å². The van der Waals surface area contributed by atoms with Crippen molar-refractivity contribution in [1.82, 2.24) is 5.32 Å². The van der Waals surface area contributed by atoms with E-state index < -0.39 is 0 Å². The summed E-state index contributed by atoms with van der Waals surface area (Å²) < 4.78 is 11.5. The molecule has 0 saturated heterocycles. The first-order valence-corrected chi connectivity index (χ1v) is 7.64. The molecule has 1 rings (SSSR count). The third-order valence-corrected chi connectivity index (χ3v) is 2.87. The Morgan fingerprint density at radius 2 is 1.85 bits per heavy atom. The van der Waals surface area contributed by atoms with Crippen LogP contribution in [0.2, 0.25) is 0 Å². The van der Waals surface area contributed by atoms with Crippen molar-refractivity contribution in [1.29, 1.82) is 0 Å². The molecule has 0 spiro atoms. The SMILES string of the molecule is CCCNC(COC(C)C)c1cccc(OC(C)C)c1. The summed E-state index contributed by atoms with van der Waals surface area (Å²) in [6.07, 6.45) is 1.55. The van der Waals surface area contributed by atoms with Crippen LogP contribution in [-0.4, -0.2) is 25.4 Å². The van der Waals surface area contributed by atoms with Crippen molar-refractivity contribution in [3.05, 3.63) is 29.8 Å². The van der Waals surface area contributed by atoms with Crippen molar-refractivity contribution in [3.8, 4) is 5.75 Å². The van der Waals surface area contributed by atoms with Gasteiger partial charge >= 0.3 is 0 Å². The average molecular weight is 279 g/mol. The fourth-order valence-electron chi connectivity index (χ4n) is 1.96. The van der Waals surface area contributed by atoms with Crippen LogP contribution in [0.4, 0.5) is 0 Å². The molecule has 114 valence electrons. The molecule has 0 aliphatic rings. The summed E-state index contributed by atoms with van der Waals surface area (Å²) in [6, 6.07) is 8.50. The third-order valence-electron chi connectivity index (χ3n) is 2.87. The van der Waals surface area contributed by atoms with Crippen LogP contribution in [-0.2, 0) is 4.74 Å². The van der Waals surface area contributed by atoms with E-state index in [4.69, 9.17) is 9.47 Å². The quantitative estimate of drug-likeness (QED) is 0.742. The minimum Gasteiger partial charge on any atom is -0.491 e. The second-order valence-electron chi connectivity index (χ2n) is 5.63. The molecule has 0 saturated carbocycles. The highest BCUT2D eigenvalue weighted by Gasteiger charge is 2.13. The fourth-order valence-corrected chi connectivity index (χ4v) is 1.96. The zero-order valence-electron chi connectivity index (χ0n) is 13.5. The first-order valence-electron chi connectivity index (χ1n) is 7.64. The second-order valence-corrected chi connectivity index (χ2v) is 5.63. The summed E-state index contributed by atoms with van der Waals surface area (Å²) in [7, 11) is 0. The van der Waals surface area contributed by atoms with Gasteiger partial charge in [-0.2, -0.15) is 0 Å². The Kier molecular flexibility index (Phi) is 7.63. The monoisotopic (exact) mass is 279 g/mol. The molecule has 1 unspecified atom stereocenters. The summed E-state index contributed by atoms with van der Waals surface area (Å²) in [5, 5.41) is 3.54. The second kappa shape index (κ2) is 8.98. The van der Waals surface area contributed by atoms with Gasteiger partial charge in [-0.15, -0.1) is 0 Å². The van der Waals surface area contributed by atoms with Crippen LogP contribution in [0.25, 0.3) is 0 Å². The van der Waals surface area contributed by atoms with Gasteiger partial charge in [0.15, 0.2) is 0 Å². The van der Waals surface area contributed by atoms with Crippen molar-refractivity contribution in [2.75, 3.05) is 13.2 Å². The highest BCUT2D eigenvalue weighted by molar-refractivity contribution is 5.30. The summed E-state index contributed by atoms with van der Waals surface area (Å²) in [6.45, 7) is 12.1. The molecule has 1 aromatic rings. The molecule has 1 N–H and O–H groups in total. The molecule has 3 nitrogen and oxygen atoms in total. The summed E-state index contributed by atoms with van der Waals surface area (Å²) >= 11 is 0. The van der Waals surface area contributed by atoms with Crippen LogP contribution in [0.3, 0.4) is 0 Å². The molecule has 0 aromatic heterocycles. The van der Waals surface area contributed by atoms with Crippen LogP contribution in [0, 0.1) is 0 Å². The summed E-state index contributed by atoms with van der Waals surface area (Å²) in [5.74, 6) is 0.922. The molecule has 1 atom stereocenters. The molecular weight excluding hydrogens is 250 g/mol. The zero-order valence-corrected chi connectivity index (χ0v) is 13.5. The molecule has 0 heterocycles. The highest BCUT2D eigenvalue weighted by atomic mass is 16.5. The number of rotatable bonds is 9. The van der Waals surface area contributed by atoms with Crippen LogP contribution < -0.4 is 10.1 Å². The van der Waals surface area contributed by atoms with E-state index in [1.165, 1.54) is 5.56 Å². The van der Waals surface area contributed by atoms with Gasteiger partial charge in [0.05, 0.1) is 24.9 Å². The van der Waals surface area contributed by atoms with Gasteiger partial charge in [-0.25, -0.2) is 0 Å². The highest BCUT2D eigenvalue weighted by Crippen LogP contribution is 2.21. The maximum atomic E-state index is 5.77. The Morgan fingerprint density at radius 3 is 2.45 bits per heavy atom. The maximum Gasteiger partial charge on any atom is 0.120 e. The first-order chi connectivity index (χ1) is 9.52. The minimum atomic E-state index is 0.194. The molecule has 0 aliphatic heterocycles. The normalized spacial score (nSPS) is 12.9. The lowest BCUT2D eigenvalue weighted by Crippen LogP contribution is -2.27. The van der Waals surface area contributed by atoms with E-state index in [2.05, 4.69) is 38.2 Å². The van der Waals surface area contributed by atoms with Gasteiger partial charge < -0.3 is 14.8 Å². The molecule has 0 radical (unpaired) electrons. The van der Waals surface area contributed by atoms with Gasteiger partial charge in [0, 0.05) is 0 Å². The van der Waals surface area contributed by atoms with Crippen LogP contribution in [0.15, 0.2) is 24.3 Å². The molecule has 3 heteroatoms. The van der Waals surface area contributed by atoms with Crippen LogP contribution in [0.1, 0.15) is 52.6 Å². The Bertz CT molecular complexity index is 377. The molecule has 20 heavy (non-hydrogen) atoms. The Hall–Kier alpha value is -1.06. The number of hydrogen-bond acceptors (Lipinski definition) is 3. The van der Waals surface area contributed by atoms with Crippen molar-refractivity contribution < 1.29 is 9.47 Å². The lowest BCUT2D eigenvalue weighted by atomic mass is 10.1. The minimum absolute atomic E-state index is 0.194. The van der Waals surface area contributed by atoms with E-state index in [9.17, 15) is 0 Å². The van der Waals surface area contributed by atoms with Crippen molar-refractivity contribution in [3.63, 3.8) is 0 Å². The van der Waals surface area contributed by atoms with Gasteiger partial charge in [0.25, 0.3) is 0 Å². The van der Waals surface area contributed by atoms with E-state index >= 15 is 0 Å². The molecule has 0 bridgehead atoms. The Balaban J connectivity index is 2.77. The summed E-state index contributed by atoms with van der Waals surface area (Å²) in [4.78, 5) is 0. The average Bonchev–Trinajstić information content (AvgIpc) is 2.38. The van der Waals surface area contributed by atoms with Crippen LogP contribution in [0.5, 0.6) is 5.75 Å². The van der Waals surface area contributed by atoms with Gasteiger partial charge in [0.2, 0.25) is 0 Å². The van der Waals surface area contributed by atoms with Crippen molar-refractivity contribution >= 4 is 0 Å². The van der Waals surface area contributed by atoms with Gasteiger partial charge in [-0.3, -0.25) is 0 Å². The maximum absolute atomic E-state index is 5.77. The largest absolute Gasteiger partial charge is 0.491 e. The number of benzene rings is 1. The fraction of sp³-hybridized carbons (Fsp3) is 0.647. The lowest BCUT2D eigenvalue weighted by molar-refractivity contribution is 0.0611. The van der Waals surface area contributed by atoms with E-state index in [-0.39, 0.29) is 18.2 Å². The molecular formula is C17H29NO2. The Labute approximate surface area is 123 Å². The number of ether oxygens (including phenoxy) is 2. The molecule has 0 aliphatic carbocycles.